The summed E-state index contributed by atoms with van der Waals surface area (Å²) in [6, 6.07) is 3.82. The largest absolute Gasteiger partial charge is 0.346 e. The lowest BCUT2D eigenvalue weighted by atomic mass is 10.2. The number of aryl methyl sites for hydroxylation is 2. The van der Waals surface area contributed by atoms with Gasteiger partial charge >= 0.3 is 0 Å². The predicted octanol–water partition coefficient (Wildman–Crippen LogP) is 1.93. The molecule has 1 aliphatic heterocycles. The molecule has 0 saturated carbocycles. The summed E-state index contributed by atoms with van der Waals surface area (Å²) < 4.78 is 7.46. The van der Waals surface area contributed by atoms with E-state index in [4.69, 9.17) is 9.51 Å². The van der Waals surface area contributed by atoms with Crippen molar-refractivity contribution in [2.45, 2.75) is 13.8 Å². The van der Waals surface area contributed by atoms with Gasteiger partial charge in [-0.3, -0.25) is 4.40 Å². The van der Waals surface area contributed by atoms with Crippen molar-refractivity contribution >= 4 is 22.1 Å². The minimum atomic E-state index is 0.502. The van der Waals surface area contributed by atoms with Gasteiger partial charge in [-0.1, -0.05) is 16.5 Å². The zero-order chi connectivity index (χ0) is 18.4. The van der Waals surface area contributed by atoms with E-state index in [2.05, 4.69) is 30.6 Å². The fraction of sp³-hybridized carbons (Fsp3) is 0.353. The Morgan fingerprint density at radius 3 is 2.81 bits per heavy atom. The van der Waals surface area contributed by atoms with Gasteiger partial charge in [0.05, 0.1) is 5.69 Å². The van der Waals surface area contributed by atoms with Gasteiger partial charge in [-0.05, 0) is 26.0 Å². The molecule has 0 bridgehead atoms. The minimum absolute atomic E-state index is 0.502. The molecule has 5 rings (SSSR count). The Hall–Kier alpha value is -2.85. The molecule has 0 amide bonds. The van der Waals surface area contributed by atoms with Crippen LogP contribution in [0.3, 0.4) is 0 Å². The molecule has 1 saturated heterocycles. The summed E-state index contributed by atoms with van der Waals surface area (Å²) in [5, 5.41) is 16.7. The predicted molar refractivity (Wildman–Crippen MR) is 102 cm³/mol. The molecule has 0 aromatic carbocycles. The van der Waals surface area contributed by atoms with Crippen LogP contribution in [0, 0.1) is 13.8 Å². The number of hydrogen-bond acceptors (Lipinski definition) is 9. The highest BCUT2D eigenvalue weighted by Gasteiger charge is 2.21. The third-order valence-corrected chi connectivity index (χ3v) is 5.83. The number of hydrogen-bond donors (Lipinski definition) is 1. The Morgan fingerprint density at radius 2 is 1.96 bits per heavy atom. The lowest BCUT2D eigenvalue weighted by molar-refractivity contribution is 0.433. The van der Waals surface area contributed by atoms with Gasteiger partial charge in [-0.15, -0.1) is 10.2 Å². The van der Waals surface area contributed by atoms with E-state index in [1.54, 1.807) is 11.3 Å². The maximum absolute atomic E-state index is 5.55. The van der Waals surface area contributed by atoms with Crippen molar-refractivity contribution in [1.29, 1.82) is 0 Å². The second-order valence-corrected chi connectivity index (χ2v) is 7.44. The maximum Gasteiger partial charge on any atom is 0.270 e. The summed E-state index contributed by atoms with van der Waals surface area (Å²) in [7, 11) is 0. The third-order valence-electron chi connectivity index (χ3n) is 4.62. The van der Waals surface area contributed by atoms with Crippen LogP contribution >= 0.6 is 11.3 Å². The van der Waals surface area contributed by atoms with Crippen LogP contribution < -0.4 is 10.2 Å². The number of nitrogens with one attached hydrogen (secondary N) is 1. The SMILES string of the molecule is Cc1nc(N2CCNCC2)sc1-c1nc(-c2ccc3nnc(C)n3c2)no1. The maximum atomic E-state index is 5.55. The topological polar surface area (TPSA) is 97.3 Å². The van der Waals surface area contributed by atoms with E-state index in [1.807, 2.05) is 36.6 Å². The van der Waals surface area contributed by atoms with Crippen LogP contribution in [0.5, 0.6) is 0 Å². The smallest absolute Gasteiger partial charge is 0.270 e. The van der Waals surface area contributed by atoms with Gasteiger partial charge in [0.2, 0.25) is 5.82 Å². The molecule has 4 aromatic heterocycles. The first-order valence-electron chi connectivity index (χ1n) is 8.78. The van der Waals surface area contributed by atoms with Crippen LogP contribution in [0.4, 0.5) is 5.13 Å². The van der Waals surface area contributed by atoms with E-state index >= 15 is 0 Å². The molecule has 9 nitrogen and oxygen atoms in total. The molecule has 0 unspecified atom stereocenters. The number of nitrogens with zero attached hydrogens (tertiary/aromatic N) is 7. The summed E-state index contributed by atoms with van der Waals surface area (Å²) in [6.07, 6.45) is 1.92. The molecule has 0 radical (unpaired) electrons. The zero-order valence-electron chi connectivity index (χ0n) is 15.0. The van der Waals surface area contributed by atoms with Gasteiger partial charge in [0.25, 0.3) is 5.89 Å². The standard InChI is InChI=1S/C17H18N8OS/c1-10-14(27-17(19-10)24-7-5-18-6-8-24)16-20-15(23-26-16)12-3-4-13-22-21-11(2)25(13)9-12/h3-4,9,18H,5-8H2,1-2H3. The molecule has 0 spiro atoms. The summed E-state index contributed by atoms with van der Waals surface area (Å²) in [5.74, 6) is 1.85. The van der Waals surface area contributed by atoms with Crippen molar-refractivity contribution < 1.29 is 4.52 Å². The second-order valence-electron chi connectivity index (χ2n) is 6.46. The summed E-state index contributed by atoms with van der Waals surface area (Å²) in [5.41, 5.74) is 2.55. The lowest BCUT2D eigenvalue weighted by Gasteiger charge is -2.26. The molecule has 138 valence electrons. The Bertz CT molecular complexity index is 1110. The number of fused-ring (bicyclic) bond motifs is 1. The highest BCUT2D eigenvalue weighted by molar-refractivity contribution is 7.19. The molecule has 1 fully saturated rings. The van der Waals surface area contributed by atoms with Crippen molar-refractivity contribution in [3.8, 4) is 22.2 Å². The molecule has 5 heterocycles. The number of piperazine rings is 1. The number of anilines is 1. The molecular formula is C17H18N8OS. The zero-order valence-corrected chi connectivity index (χ0v) is 15.8. The molecular weight excluding hydrogens is 364 g/mol. The molecule has 0 atom stereocenters. The second kappa shape index (κ2) is 6.39. The van der Waals surface area contributed by atoms with E-state index in [0.29, 0.717) is 11.7 Å². The van der Waals surface area contributed by atoms with Crippen LogP contribution in [-0.2, 0) is 0 Å². The van der Waals surface area contributed by atoms with Gasteiger partial charge in [0.1, 0.15) is 10.7 Å². The first-order chi connectivity index (χ1) is 13.2. The van der Waals surface area contributed by atoms with Crippen molar-refractivity contribution in [2.75, 3.05) is 31.1 Å². The molecule has 10 heteroatoms. The van der Waals surface area contributed by atoms with E-state index in [-0.39, 0.29) is 0 Å². The van der Waals surface area contributed by atoms with Crippen LogP contribution in [0.2, 0.25) is 0 Å². The minimum Gasteiger partial charge on any atom is -0.346 e. The van der Waals surface area contributed by atoms with Gasteiger partial charge in [0.15, 0.2) is 10.8 Å². The fourth-order valence-corrected chi connectivity index (χ4v) is 4.18. The number of aromatic nitrogens is 6. The number of thiazole rings is 1. The molecule has 1 N–H and O–H groups in total. The number of pyridine rings is 1. The van der Waals surface area contributed by atoms with Crippen molar-refractivity contribution in [2.24, 2.45) is 0 Å². The van der Waals surface area contributed by atoms with Gasteiger partial charge in [-0.25, -0.2) is 4.98 Å². The average Bonchev–Trinajstić information content (AvgIpc) is 3.41. The quantitative estimate of drug-likeness (QED) is 0.574. The normalized spacial score (nSPS) is 15.0. The third kappa shape index (κ3) is 2.86. The van der Waals surface area contributed by atoms with Crippen LogP contribution in [-0.4, -0.2) is 55.9 Å². The molecule has 0 aliphatic carbocycles. The summed E-state index contributed by atoms with van der Waals surface area (Å²) >= 11 is 1.60. The highest BCUT2D eigenvalue weighted by Crippen LogP contribution is 2.34. The fourth-order valence-electron chi connectivity index (χ4n) is 3.14. The van der Waals surface area contributed by atoms with Crippen LogP contribution in [0.15, 0.2) is 22.9 Å². The van der Waals surface area contributed by atoms with Gasteiger partial charge in [0, 0.05) is 37.9 Å². The Labute approximate surface area is 159 Å². The average molecular weight is 382 g/mol. The number of rotatable bonds is 3. The van der Waals surface area contributed by atoms with E-state index in [9.17, 15) is 0 Å². The monoisotopic (exact) mass is 382 g/mol. The van der Waals surface area contributed by atoms with Crippen LogP contribution in [0.25, 0.3) is 27.8 Å². The summed E-state index contributed by atoms with van der Waals surface area (Å²) in [4.78, 5) is 12.5. The van der Waals surface area contributed by atoms with E-state index in [1.165, 1.54) is 0 Å². The molecule has 4 aromatic rings. The van der Waals surface area contributed by atoms with E-state index in [0.717, 1.165) is 58.9 Å². The lowest BCUT2D eigenvalue weighted by Crippen LogP contribution is -2.43. The highest BCUT2D eigenvalue weighted by atomic mass is 32.1. The van der Waals surface area contributed by atoms with E-state index < -0.39 is 0 Å². The first-order valence-corrected chi connectivity index (χ1v) is 9.59. The Kier molecular flexibility index (Phi) is 3.87. The van der Waals surface area contributed by atoms with Gasteiger partial charge in [-0.2, -0.15) is 4.98 Å². The van der Waals surface area contributed by atoms with Crippen molar-refractivity contribution in [1.82, 2.24) is 35.0 Å². The van der Waals surface area contributed by atoms with Crippen LogP contribution in [0.1, 0.15) is 11.5 Å². The van der Waals surface area contributed by atoms with Gasteiger partial charge < -0.3 is 14.7 Å². The van der Waals surface area contributed by atoms with Crippen molar-refractivity contribution in [3.05, 3.63) is 29.8 Å². The molecule has 27 heavy (non-hydrogen) atoms. The van der Waals surface area contributed by atoms with Crippen molar-refractivity contribution in [3.63, 3.8) is 0 Å². The Morgan fingerprint density at radius 1 is 1.11 bits per heavy atom. The Balaban J connectivity index is 1.47. The molecule has 1 aliphatic rings. The first kappa shape index (κ1) is 16.3. The summed E-state index contributed by atoms with van der Waals surface area (Å²) in [6.45, 7) is 7.75.